The molecule has 5 rings (SSSR count). The predicted octanol–water partition coefficient (Wildman–Crippen LogP) is -4.87. The number of fused-ring (bicyclic) bond motifs is 1. The summed E-state index contributed by atoms with van der Waals surface area (Å²) in [6.07, 6.45) is 1.16. The first-order valence-corrected chi connectivity index (χ1v) is 15.1. The number of amides is 4. The Balaban J connectivity index is 0.00000480. The third kappa shape index (κ3) is 7.30. The molecule has 3 aromatic rings. The van der Waals surface area contributed by atoms with Crippen LogP contribution in [0.15, 0.2) is 51.7 Å². The maximum atomic E-state index is 13.5. The Morgan fingerprint density at radius 1 is 1.24 bits per heavy atom. The number of carbonyl (C=O) groups excluding carboxylic acids is 4. The monoisotopic (exact) mass is 679 g/mol. The number of aromatic hydroxyl groups is 1. The molecule has 0 spiro atoms. The molecule has 0 aliphatic carbocycles. The van der Waals surface area contributed by atoms with Crippen LogP contribution in [0.3, 0.4) is 0 Å². The van der Waals surface area contributed by atoms with Gasteiger partial charge in [0.2, 0.25) is 17.0 Å². The SMILES string of the molecule is CN(C)c1ncc(NC(=O)N[C@@H](C(=O)NC2C(=O)N3C(C(=O)[O-])=C(CSc4nnnn4C)CS[C@H]23)c2ccc(O)cc2)c(=O)[nH]1.[Na+]. The van der Waals surface area contributed by atoms with Gasteiger partial charge in [0.05, 0.1) is 17.9 Å². The number of nitrogens with zero attached hydrogens (tertiary/aromatic N) is 7. The maximum Gasteiger partial charge on any atom is 1.00 e. The second kappa shape index (κ2) is 14.5. The van der Waals surface area contributed by atoms with E-state index in [0.29, 0.717) is 10.7 Å². The molecule has 1 aromatic carbocycles. The molecule has 3 atom stereocenters. The fourth-order valence-electron chi connectivity index (χ4n) is 4.47. The second-order valence-electron chi connectivity index (χ2n) is 9.98. The largest absolute Gasteiger partial charge is 1.00 e. The van der Waals surface area contributed by atoms with E-state index in [2.05, 4.69) is 41.4 Å². The number of urea groups is 1. The van der Waals surface area contributed by atoms with Crippen molar-refractivity contribution in [1.29, 1.82) is 0 Å². The van der Waals surface area contributed by atoms with E-state index in [9.17, 15) is 34.2 Å². The number of aliphatic carboxylic acids is 1. The van der Waals surface area contributed by atoms with Gasteiger partial charge in [0, 0.05) is 32.6 Å². The minimum Gasteiger partial charge on any atom is -0.543 e. The van der Waals surface area contributed by atoms with Gasteiger partial charge in [0.15, 0.2) is 0 Å². The summed E-state index contributed by atoms with van der Waals surface area (Å²) in [4.78, 5) is 73.3. The number of benzene rings is 1. The Labute approximate surface area is 291 Å². The number of aromatic nitrogens is 6. The number of anilines is 2. The maximum absolute atomic E-state index is 13.5. The molecule has 46 heavy (non-hydrogen) atoms. The van der Waals surface area contributed by atoms with Crippen molar-refractivity contribution in [2.45, 2.75) is 22.6 Å². The molecule has 1 fully saturated rings. The van der Waals surface area contributed by atoms with Crippen molar-refractivity contribution >= 4 is 59.0 Å². The van der Waals surface area contributed by atoms with Gasteiger partial charge in [-0.05, 0) is 33.7 Å². The molecule has 2 aliphatic heterocycles. The zero-order chi connectivity index (χ0) is 32.4. The van der Waals surface area contributed by atoms with Crippen LogP contribution in [0.4, 0.5) is 16.4 Å². The summed E-state index contributed by atoms with van der Waals surface area (Å²) in [6.45, 7) is 0. The summed E-state index contributed by atoms with van der Waals surface area (Å²) in [6, 6.07) is 2.01. The summed E-state index contributed by atoms with van der Waals surface area (Å²) >= 11 is 2.45. The van der Waals surface area contributed by atoms with Crippen LogP contribution in [-0.2, 0) is 21.4 Å². The quantitative estimate of drug-likeness (QED) is 0.0767. The summed E-state index contributed by atoms with van der Waals surface area (Å²) in [5.41, 5.74) is -0.401. The van der Waals surface area contributed by atoms with Crippen molar-refractivity contribution in [2.75, 3.05) is 35.8 Å². The first-order valence-electron chi connectivity index (χ1n) is 13.1. The van der Waals surface area contributed by atoms with Crippen LogP contribution in [0.1, 0.15) is 11.6 Å². The number of β-lactam (4-membered cyclic amide) rings is 1. The van der Waals surface area contributed by atoms with E-state index in [4.69, 9.17) is 0 Å². The molecule has 0 bridgehead atoms. The zero-order valence-electron chi connectivity index (χ0n) is 24.9. The molecule has 1 saturated heterocycles. The Morgan fingerprint density at radius 3 is 2.57 bits per heavy atom. The fraction of sp³-hybridized carbons (Fsp3) is 0.320. The first-order chi connectivity index (χ1) is 21.4. The molecule has 1 unspecified atom stereocenters. The molecule has 4 amide bonds. The van der Waals surface area contributed by atoms with Gasteiger partial charge >= 0.3 is 35.6 Å². The topological polar surface area (TPSA) is 243 Å². The van der Waals surface area contributed by atoms with E-state index in [-0.39, 0.29) is 69.7 Å². The minimum absolute atomic E-state index is 0. The smallest absolute Gasteiger partial charge is 0.543 e. The van der Waals surface area contributed by atoms with Crippen LogP contribution in [0.2, 0.25) is 0 Å². The van der Waals surface area contributed by atoms with Crippen LogP contribution in [-0.4, -0.2) is 101 Å². The number of thioether (sulfide) groups is 2. The van der Waals surface area contributed by atoms with Gasteiger partial charge in [-0.15, -0.1) is 16.9 Å². The van der Waals surface area contributed by atoms with Gasteiger partial charge in [-0.2, -0.15) is 0 Å². The number of carboxylic acids is 1. The van der Waals surface area contributed by atoms with E-state index < -0.39 is 46.8 Å². The van der Waals surface area contributed by atoms with E-state index in [1.807, 2.05) is 0 Å². The number of carbonyl (C=O) groups is 4. The standard InChI is InChI=1S/C25H27N11O7S2.Na/c1-34(2)23-26-8-14(18(38)30-23)27-24(43)29-15(11-4-6-13(37)7-5-11)19(39)28-16-20(40)36-17(22(41)42)12(9-44-21(16)36)10-45-25-31-32-33-35(25)3;/h4-8,15-16,21,37H,9-10H2,1-3H3,(H,28,39)(H,41,42)(H,26,30,38)(H2,27,29,43);/q;+1/p-1/t15-,16?,21-;/m1./s1. The zero-order valence-corrected chi connectivity index (χ0v) is 28.5. The number of aryl methyl sites for hydroxylation is 1. The van der Waals surface area contributed by atoms with Crippen molar-refractivity contribution in [3.05, 3.63) is 57.6 Å². The average molecular weight is 680 g/mol. The molecule has 4 heterocycles. The number of tetrazole rings is 1. The molecule has 236 valence electrons. The molecule has 5 N–H and O–H groups in total. The third-order valence-electron chi connectivity index (χ3n) is 6.72. The number of hydrogen-bond donors (Lipinski definition) is 5. The molecular weight excluding hydrogens is 653 g/mol. The average Bonchev–Trinajstić information content (AvgIpc) is 3.42. The van der Waals surface area contributed by atoms with Crippen LogP contribution >= 0.6 is 23.5 Å². The van der Waals surface area contributed by atoms with Crippen LogP contribution in [0.25, 0.3) is 0 Å². The Morgan fingerprint density at radius 2 is 1.96 bits per heavy atom. The van der Waals surface area contributed by atoms with Gasteiger partial charge < -0.3 is 35.9 Å². The van der Waals surface area contributed by atoms with Crippen molar-refractivity contribution in [3.8, 4) is 5.75 Å². The number of nitrogens with one attached hydrogen (secondary N) is 4. The number of phenolic OH excluding ortho intramolecular Hbond substituents is 1. The summed E-state index contributed by atoms with van der Waals surface area (Å²) < 4.78 is 1.43. The predicted molar refractivity (Wildman–Crippen MR) is 159 cm³/mol. The Bertz CT molecular complexity index is 1750. The Hall–Kier alpha value is -4.11. The molecule has 2 aliphatic rings. The van der Waals surface area contributed by atoms with Crippen molar-refractivity contribution in [3.63, 3.8) is 0 Å². The van der Waals surface area contributed by atoms with E-state index >= 15 is 0 Å². The number of carboxylic acid groups (broad SMARTS) is 1. The molecule has 2 aromatic heterocycles. The molecule has 18 nitrogen and oxygen atoms in total. The summed E-state index contributed by atoms with van der Waals surface area (Å²) in [5, 5.41) is 40.1. The van der Waals surface area contributed by atoms with Gasteiger partial charge in [-0.25, -0.2) is 14.5 Å². The van der Waals surface area contributed by atoms with Crippen LogP contribution in [0.5, 0.6) is 5.75 Å². The van der Waals surface area contributed by atoms with Crippen LogP contribution < -0.4 is 61.1 Å². The van der Waals surface area contributed by atoms with Gasteiger partial charge in [0.1, 0.15) is 28.9 Å². The fourth-order valence-corrected chi connectivity index (χ4v) is 6.81. The number of rotatable bonds is 10. The van der Waals surface area contributed by atoms with Crippen molar-refractivity contribution in [1.82, 2.24) is 45.7 Å². The molecular formula is C25H26N11NaO7S2. The number of H-pyrrole nitrogens is 1. The second-order valence-corrected chi connectivity index (χ2v) is 12.0. The molecule has 0 radical (unpaired) electrons. The van der Waals surface area contributed by atoms with E-state index in [1.165, 1.54) is 52.5 Å². The van der Waals surface area contributed by atoms with E-state index in [0.717, 1.165) is 11.1 Å². The third-order valence-corrected chi connectivity index (χ3v) is 9.15. The Kier molecular flexibility index (Phi) is 11.0. The number of phenols is 1. The molecule has 0 saturated carbocycles. The van der Waals surface area contributed by atoms with Gasteiger partial charge in [-0.3, -0.25) is 24.3 Å². The number of aromatic amines is 1. The summed E-state index contributed by atoms with van der Waals surface area (Å²) in [5.74, 6) is -2.40. The first kappa shape index (κ1) is 34.8. The summed E-state index contributed by atoms with van der Waals surface area (Å²) in [7, 11) is 4.98. The molecule has 21 heteroatoms. The number of hydrogen-bond acceptors (Lipinski definition) is 14. The van der Waals surface area contributed by atoms with E-state index in [1.54, 1.807) is 26.0 Å². The van der Waals surface area contributed by atoms with Gasteiger partial charge in [-0.1, -0.05) is 23.9 Å². The van der Waals surface area contributed by atoms with Crippen molar-refractivity contribution in [2.24, 2.45) is 7.05 Å². The van der Waals surface area contributed by atoms with Crippen molar-refractivity contribution < 1.29 is 58.9 Å². The van der Waals surface area contributed by atoms with Crippen LogP contribution in [0, 0.1) is 0 Å². The normalized spacial score (nSPS) is 17.6. The van der Waals surface area contributed by atoms with Gasteiger partial charge in [0.25, 0.3) is 11.5 Å². The minimum atomic E-state index is -1.53.